The van der Waals surface area contributed by atoms with Crippen molar-refractivity contribution in [3.8, 4) is 0 Å². The Labute approximate surface area is 156 Å². The predicted molar refractivity (Wildman–Crippen MR) is 103 cm³/mol. The summed E-state index contributed by atoms with van der Waals surface area (Å²) in [6.07, 6.45) is 1.85. The molecule has 1 fully saturated rings. The summed E-state index contributed by atoms with van der Waals surface area (Å²) in [7, 11) is 1.81. The highest BCUT2D eigenvalue weighted by Crippen LogP contribution is 2.26. The second-order valence-electron chi connectivity index (χ2n) is 6.96. The molecule has 0 radical (unpaired) electrons. The SMILES string of the molecule is Cc1cc(C2CCNCC2)oc(=O)c1C(=O)Nc1nn(C)c2ccccc12. The van der Waals surface area contributed by atoms with Crippen LogP contribution < -0.4 is 16.3 Å². The monoisotopic (exact) mass is 366 g/mol. The minimum atomic E-state index is -0.596. The molecule has 3 aromatic rings. The number of amides is 1. The number of nitrogens with one attached hydrogen (secondary N) is 2. The van der Waals surface area contributed by atoms with Crippen molar-refractivity contribution < 1.29 is 9.21 Å². The van der Waals surface area contributed by atoms with Gasteiger partial charge in [0.1, 0.15) is 11.3 Å². The van der Waals surface area contributed by atoms with E-state index < -0.39 is 11.5 Å². The normalized spacial score (nSPS) is 15.2. The third-order valence-corrected chi connectivity index (χ3v) is 5.13. The van der Waals surface area contributed by atoms with Gasteiger partial charge >= 0.3 is 5.63 Å². The van der Waals surface area contributed by atoms with E-state index in [1.165, 1.54) is 0 Å². The van der Waals surface area contributed by atoms with Crippen LogP contribution in [0.15, 0.2) is 39.5 Å². The van der Waals surface area contributed by atoms with Crippen LogP contribution in [0.3, 0.4) is 0 Å². The summed E-state index contributed by atoms with van der Waals surface area (Å²) >= 11 is 0. The summed E-state index contributed by atoms with van der Waals surface area (Å²) in [5, 5.41) is 11.2. The second kappa shape index (κ2) is 7.00. The lowest BCUT2D eigenvalue weighted by Gasteiger charge is -2.21. The summed E-state index contributed by atoms with van der Waals surface area (Å²) in [5.41, 5.74) is 0.957. The van der Waals surface area contributed by atoms with Crippen molar-refractivity contribution in [2.24, 2.45) is 7.05 Å². The number of anilines is 1. The third kappa shape index (κ3) is 3.26. The van der Waals surface area contributed by atoms with E-state index in [0.29, 0.717) is 17.1 Å². The molecule has 0 spiro atoms. The predicted octanol–water partition coefficient (Wildman–Crippen LogP) is 2.55. The van der Waals surface area contributed by atoms with Gasteiger partial charge in [-0.15, -0.1) is 0 Å². The van der Waals surface area contributed by atoms with Crippen molar-refractivity contribution in [2.75, 3.05) is 18.4 Å². The zero-order valence-electron chi connectivity index (χ0n) is 15.4. The average molecular weight is 366 g/mol. The van der Waals surface area contributed by atoms with Crippen LogP contribution in [0.1, 0.15) is 40.4 Å². The van der Waals surface area contributed by atoms with Crippen molar-refractivity contribution in [3.63, 3.8) is 0 Å². The lowest BCUT2D eigenvalue weighted by Crippen LogP contribution is -2.28. The third-order valence-electron chi connectivity index (χ3n) is 5.13. The number of carbonyl (C=O) groups is 1. The molecule has 4 rings (SSSR count). The maximum Gasteiger partial charge on any atom is 0.349 e. The van der Waals surface area contributed by atoms with Gasteiger partial charge in [-0.3, -0.25) is 9.48 Å². The molecule has 1 aliphatic heterocycles. The summed E-state index contributed by atoms with van der Waals surface area (Å²) in [6.45, 7) is 3.58. The molecular formula is C20H22N4O3. The summed E-state index contributed by atoms with van der Waals surface area (Å²) < 4.78 is 7.21. The number of para-hydroxylation sites is 1. The van der Waals surface area contributed by atoms with Crippen LogP contribution in [0, 0.1) is 6.92 Å². The first-order valence-electron chi connectivity index (χ1n) is 9.13. The minimum absolute atomic E-state index is 0.0300. The molecule has 0 atom stereocenters. The van der Waals surface area contributed by atoms with Gasteiger partial charge in [-0.25, -0.2) is 4.79 Å². The highest BCUT2D eigenvalue weighted by Gasteiger charge is 2.23. The Morgan fingerprint density at radius 2 is 2.04 bits per heavy atom. The largest absolute Gasteiger partial charge is 0.427 e. The average Bonchev–Trinajstić information content (AvgIpc) is 2.98. The Morgan fingerprint density at radius 3 is 2.78 bits per heavy atom. The van der Waals surface area contributed by atoms with Gasteiger partial charge < -0.3 is 15.1 Å². The van der Waals surface area contributed by atoms with Gasteiger partial charge in [0.2, 0.25) is 0 Å². The lowest BCUT2D eigenvalue weighted by atomic mass is 9.94. The van der Waals surface area contributed by atoms with Crippen LogP contribution in [0.25, 0.3) is 10.9 Å². The van der Waals surface area contributed by atoms with Crippen molar-refractivity contribution in [2.45, 2.75) is 25.7 Å². The van der Waals surface area contributed by atoms with Crippen LogP contribution in [0.2, 0.25) is 0 Å². The molecule has 7 nitrogen and oxygen atoms in total. The lowest BCUT2D eigenvalue weighted by molar-refractivity contribution is 0.102. The van der Waals surface area contributed by atoms with E-state index in [2.05, 4.69) is 15.7 Å². The molecule has 0 unspecified atom stereocenters. The molecule has 0 saturated carbocycles. The zero-order valence-corrected chi connectivity index (χ0v) is 15.4. The van der Waals surface area contributed by atoms with Gasteiger partial charge in [0.05, 0.1) is 5.52 Å². The molecule has 1 aromatic carbocycles. The van der Waals surface area contributed by atoms with Crippen LogP contribution in [-0.4, -0.2) is 28.8 Å². The van der Waals surface area contributed by atoms with Gasteiger partial charge in [0.15, 0.2) is 5.82 Å². The van der Waals surface area contributed by atoms with Crippen molar-refractivity contribution in [1.29, 1.82) is 0 Å². The van der Waals surface area contributed by atoms with E-state index in [9.17, 15) is 9.59 Å². The summed E-state index contributed by atoms with van der Waals surface area (Å²) in [6, 6.07) is 9.42. The Bertz CT molecular complexity index is 1060. The molecule has 27 heavy (non-hydrogen) atoms. The highest BCUT2D eigenvalue weighted by molar-refractivity contribution is 6.08. The second-order valence-corrected chi connectivity index (χ2v) is 6.96. The topological polar surface area (TPSA) is 89.2 Å². The van der Waals surface area contributed by atoms with Crippen molar-refractivity contribution in [3.05, 3.63) is 57.6 Å². The van der Waals surface area contributed by atoms with E-state index in [4.69, 9.17) is 4.42 Å². The molecule has 7 heteroatoms. The van der Waals surface area contributed by atoms with Crippen LogP contribution in [0.4, 0.5) is 5.82 Å². The van der Waals surface area contributed by atoms with E-state index in [1.54, 1.807) is 11.6 Å². The Balaban J connectivity index is 1.64. The van der Waals surface area contributed by atoms with E-state index in [-0.39, 0.29) is 11.5 Å². The van der Waals surface area contributed by atoms with Crippen LogP contribution in [0.5, 0.6) is 0 Å². The smallest absolute Gasteiger partial charge is 0.349 e. The molecule has 1 amide bonds. The van der Waals surface area contributed by atoms with Crippen LogP contribution >= 0.6 is 0 Å². The minimum Gasteiger partial charge on any atom is -0.427 e. The molecule has 2 N–H and O–H groups in total. The molecule has 2 aromatic heterocycles. The summed E-state index contributed by atoms with van der Waals surface area (Å²) in [5.74, 6) is 0.814. The van der Waals surface area contributed by atoms with E-state index >= 15 is 0 Å². The van der Waals surface area contributed by atoms with E-state index in [0.717, 1.165) is 36.8 Å². The number of hydrogen-bond donors (Lipinski definition) is 2. The molecule has 1 aliphatic rings. The van der Waals surface area contributed by atoms with Gasteiger partial charge in [-0.1, -0.05) is 12.1 Å². The Kier molecular flexibility index (Phi) is 4.53. The zero-order chi connectivity index (χ0) is 19.0. The van der Waals surface area contributed by atoms with Gasteiger partial charge in [-0.05, 0) is 56.6 Å². The fraction of sp³-hybridized carbons (Fsp3) is 0.350. The van der Waals surface area contributed by atoms with Crippen LogP contribution in [-0.2, 0) is 7.05 Å². The molecule has 140 valence electrons. The van der Waals surface area contributed by atoms with E-state index in [1.807, 2.05) is 37.4 Å². The van der Waals surface area contributed by atoms with Gasteiger partial charge in [0.25, 0.3) is 5.91 Å². The number of aromatic nitrogens is 2. The fourth-order valence-electron chi connectivity index (χ4n) is 3.69. The highest BCUT2D eigenvalue weighted by atomic mass is 16.4. The number of piperidine rings is 1. The standard InChI is InChI=1S/C20H22N4O3/c1-12-11-16(13-7-9-21-10-8-13)27-20(26)17(12)19(25)22-18-14-5-3-4-6-15(14)24(2)23-18/h3-6,11,13,21H,7-10H2,1-2H3,(H,22,23,25). The first-order valence-corrected chi connectivity index (χ1v) is 9.13. The van der Waals surface area contributed by atoms with Gasteiger partial charge in [-0.2, -0.15) is 5.10 Å². The summed E-state index contributed by atoms with van der Waals surface area (Å²) in [4.78, 5) is 25.3. The molecule has 1 saturated heterocycles. The van der Waals surface area contributed by atoms with Gasteiger partial charge in [0, 0.05) is 18.4 Å². The maximum absolute atomic E-state index is 12.8. The molecule has 3 heterocycles. The quantitative estimate of drug-likeness (QED) is 0.744. The first kappa shape index (κ1) is 17.5. The number of benzene rings is 1. The Morgan fingerprint density at radius 1 is 1.30 bits per heavy atom. The molecule has 0 bridgehead atoms. The number of aryl methyl sites for hydroxylation is 2. The van der Waals surface area contributed by atoms with Crippen molar-refractivity contribution in [1.82, 2.24) is 15.1 Å². The first-order chi connectivity index (χ1) is 13.0. The Hall–Kier alpha value is -2.93. The number of fused-ring (bicyclic) bond motifs is 1. The molecule has 0 aliphatic carbocycles. The maximum atomic E-state index is 12.8. The fourth-order valence-corrected chi connectivity index (χ4v) is 3.69. The number of carbonyl (C=O) groups excluding carboxylic acids is 1. The molecular weight excluding hydrogens is 344 g/mol. The number of rotatable bonds is 3. The number of hydrogen-bond acceptors (Lipinski definition) is 5. The number of nitrogens with zero attached hydrogens (tertiary/aromatic N) is 2. The van der Waals surface area contributed by atoms with Crippen molar-refractivity contribution >= 4 is 22.6 Å².